The van der Waals surface area contributed by atoms with Crippen LogP contribution in [0.1, 0.15) is 46.4 Å². The van der Waals surface area contributed by atoms with Crippen LogP contribution >= 0.6 is 11.6 Å². The number of amides is 1. The maximum Gasteiger partial charge on any atom is 0.255 e. The molecule has 1 aromatic heterocycles. The van der Waals surface area contributed by atoms with Crippen molar-refractivity contribution in [3.63, 3.8) is 0 Å². The van der Waals surface area contributed by atoms with Crippen LogP contribution in [0.15, 0.2) is 48.5 Å². The number of aryl methyl sites for hydroxylation is 1. The molecule has 3 heterocycles. The lowest BCUT2D eigenvalue weighted by Crippen LogP contribution is -2.42. The molecule has 1 saturated heterocycles. The Balaban J connectivity index is 1.24. The SMILES string of the molecule is O=C(CCCN1CCc2nc3ccccc3c(C(=O)N3CCOCC3)c2C1)CCc1ccc(Cl)cc1. The number of fused-ring (bicyclic) bond motifs is 2. The van der Waals surface area contributed by atoms with Crippen molar-refractivity contribution in [3.05, 3.63) is 75.9 Å². The van der Waals surface area contributed by atoms with Gasteiger partial charge in [-0.3, -0.25) is 19.5 Å². The van der Waals surface area contributed by atoms with Crippen LogP contribution in [-0.4, -0.2) is 65.9 Å². The zero-order valence-corrected chi connectivity index (χ0v) is 21.3. The zero-order valence-electron chi connectivity index (χ0n) is 20.5. The molecule has 0 bridgehead atoms. The van der Waals surface area contributed by atoms with Crippen molar-refractivity contribution in [2.45, 2.75) is 38.6 Å². The van der Waals surface area contributed by atoms with Crippen molar-refractivity contribution in [2.75, 3.05) is 39.4 Å². The number of rotatable bonds is 8. The number of ether oxygens (including phenoxy) is 1. The normalized spacial score (nSPS) is 16.2. The van der Waals surface area contributed by atoms with E-state index in [0.717, 1.165) is 65.6 Å². The molecule has 7 heteroatoms. The van der Waals surface area contributed by atoms with Crippen LogP contribution in [0.3, 0.4) is 0 Å². The van der Waals surface area contributed by atoms with Gasteiger partial charge in [0.2, 0.25) is 0 Å². The fourth-order valence-corrected chi connectivity index (χ4v) is 5.29. The molecule has 1 amide bonds. The first kappa shape index (κ1) is 24.9. The van der Waals surface area contributed by atoms with E-state index >= 15 is 0 Å². The van der Waals surface area contributed by atoms with Crippen LogP contribution in [0.25, 0.3) is 10.9 Å². The standard InChI is InChI=1S/C29H32ClN3O3/c30-22-10-7-21(8-11-22)9-12-23(34)4-3-14-32-15-13-27-25(20-32)28(24-5-1-2-6-26(24)31-27)29(35)33-16-18-36-19-17-33/h1-2,5-8,10-11H,3-4,9,12-20H2. The number of ketones is 1. The predicted molar refractivity (Wildman–Crippen MR) is 141 cm³/mol. The first-order valence-corrected chi connectivity index (χ1v) is 13.2. The van der Waals surface area contributed by atoms with Gasteiger partial charge in [-0.2, -0.15) is 0 Å². The monoisotopic (exact) mass is 505 g/mol. The van der Waals surface area contributed by atoms with E-state index in [-0.39, 0.29) is 5.91 Å². The summed E-state index contributed by atoms with van der Waals surface area (Å²) in [6, 6.07) is 15.6. The maximum absolute atomic E-state index is 13.7. The number of hydrogen-bond acceptors (Lipinski definition) is 5. The Bertz CT molecular complexity index is 1240. The second kappa shape index (κ2) is 11.5. The maximum atomic E-state index is 13.7. The van der Waals surface area contributed by atoms with Gasteiger partial charge in [-0.05, 0) is 43.1 Å². The molecule has 5 rings (SSSR count). The van der Waals surface area contributed by atoms with Crippen LogP contribution in [-0.2, 0) is 28.9 Å². The molecule has 0 N–H and O–H groups in total. The highest BCUT2D eigenvalue weighted by Crippen LogP contribution is 2.29. The summed E-state index contributed by atoms with van der Waals surface area (Å²) in [4.78, 5) is 35.3. The molecule has 0 atom stereocenters. The Morgan fingerprint density at radius 2 is 1.75 bits per heavy atom. The number of Topliss-reactive ketones (excluding diaryl/α,β-unsaturated/α-hetero) is 1. The lowest BCUT2D eigenvalue weighted by molar-refractivity contribution is -0.119. The number of aromatic nitrogens is 1. The number of para-hydroxylation sites is 1. The summed E-state index contributed by atoms with van der Waals surface area (Å²) in [5, 5.41) is 1.64. The number of halogens is 1. The Kier molecular flexibility index (Phi) is 7.95. The largest absolute Gasteiger partial charge is 0.378 e. The summed E-state index contributed by atoms with van der Waals surface area (Å²) in [5.74, 6) is 0.366. The molecular weight excluding hydrogens is 474 g/mol. The molecule has 2 aromatic carbocycles. The summed E-state index contributed by atoms with van der Waals surface area (Å²) in [7, 11) is 0. The highest BCUT2D eigenvalue weighted by molar-refractivity contribution is 6.30. The first-order chi connectivity index (χ1) is 17.6. The van der Waals surface area contributed by atoms with Crippen molar-refractivity contribution >= 4 is 34.2 Å². The van der Waals surface area contributed by atoms with Crippen LogP contribution in [0, 0.1) is 0 Å². The number of hydrogen-bond donors (Lipinski definition) is 0. The van der Waals surface area contributed by atoms with Gasteiger partial charge in [0.15, 0.2) is 0 Å². The number of nitrogens with zero attached hydrogens (tertiary/aromatic N) is 3. The van der Waals surface area contributed by atoms with E-state index in [4.69, 9.17) is 21.3 Å². The van der Waals surface area contributed by atoms with E-state index in [9.17, 15) is 9.59 Å². The molecule has 0 spiro atoms. The number of morpholine rings is 1. The van der Waals surface area contributed by atoms with Gasteiger partial charge in [-0.1, -0.05) is 41.9 Å². The van der Waals surface area contributed by atoms with E-state index in [0.29, 0.717) is 56.5 Å². The average Bonchev–Trinajstić information content (AvgIpc) is 2.91. The molecule has 188 valence electrons. The minimum Gasteiger partial charge on any atom is -0.378 e. The smallest absolute Gasteiger partial charge is 0.255 e. The quantitative estimate of drug-likeness (QED) is 0.444. The fraction of sp³-hybridized carbons (Fsp3) is 0.414. The number of carbonyl (C=O) groups is 2. The predicted octanol–water partition coefficient (Wildman–Crippen LogP) is 4.70. The van der Waals surface area contributed by atoms with E-state index < -0.39 is 0 Å². The van der Waals surface area contributed by atoms with Gasteiger partial charge < -0.3 is 9.64 Å². The van der Waals surface area contributed by atoms with Gasteiger partial charge in [-0.15, -0.1) is 0 Å². The van der Waals surface area contributed by atoms with Gasteiger partial charge in [0.05, 0.1) is 24.3 Å². The molecule has 3 aromatic rings. The number of benzene rings is 2. The third kappa shape index (κ3) is 5.77. The van der Waals surface area contributed by atoms with Crippen molar-refractivity contribution in [1.82, 2.24) is 14.8 Å². The summed E-state index contributed by atoms with van der Waals surface area (Å²) >= 11 is 5.94. The van der Waals surface area contributed by atoms with Crippen molar-refractivity contribution in [3.8, 4) is 0 Å². The topological polar surface area (TPSA) is 62.7 Å². The zero-order chi connectivity index (χ0) is 24.9. The van der Waals surface area contributed by atoms with Gasteiger partial charge in [-0.25, -0.2) is 0 Å². The third-order valence-electron chi connectivity index (χ3n) is 7.17. The summed E-state index contributed by atoms with van der Waals surface area (Å²) in [6.07, 6.45) is 3.51. The molecule has 36 heavy (non-hydrogen) atoms. The van der Waals surface area contributed by atoms with Crippen molar-refractivity contribution in [2.24, 2.45) is 0 Å². The fourth-order valence-electron chi connectivity index (χ4n) is 5.17. The lowest BCUT2D eigenvalue weighted by atomic mass is 9.94. The minimum absolute atomic E-state index is 0.0763. The Labute approximate surface area is 217 Å². The molecule has 2 aliphatic heterocycles. The molecular formula is C29H32ClN3O3. The second-order valence-electron chi connectivity index (χ2n) is 9.63. The van der Waals surface area contributed by atoms with Gasteiger partial charge in [0.25, 0.3) is 5.91 Å². The summed E-state index contributed by atoms with van der Waals surface area (Å²) < 4.78 is 5.47. The van der Waals surface area contributed by atoms with E-state index in [1.807, 2.05) is 53.4 Å². The summed E-state index contributed by atoms with van der Waals surface area (Å²) in [5.41, 5.74) is 4.89. The van der Waals surface area contributed by atoms with E-state index in [1.54, 1.807) is 0 Å². The highest BCUT2D eigenvalue weighted by Gasteiger charge is 2.29. The van der Waals surface area contributed by atoms with E-state index in [1.165, 1.54) is 0 Å². The molecule has 2 aliphatic rings. The van der Waals surface area contributed by atoms with Crippen LogP contribution in [0.5, 0.6) is 0 Å². The van der Waals surface area contributed by atoms with Gasteiger partial charge in [0, 0.05) is 67.1 Å². The molecule has 0 aliphatic carbocycles. The van der Waals surface area contributed by atoms with Crippen LogP contribution < -0.4 is 0 Å². The van der Waals surface area contributed by atoms with Crippen LogP contribution in [0.2, 0.25) is 5.02 Å². The molecule has 6 nitrogen and oxygen atoms in total. The first-order valence-electron chi connectivity index (χ1n) is 12.8. The molecule has 0 saturated carbocycles. The third-order valence-corrected chi connectivity index (χ3v) is 7.43. The van der Waals surface area contributed by atoms with Crippen LogP contribution in [0.4, 0.5) is 0 Å². The molecule has 1 fully saturated rings. The second-order valence-corrected chi connectivity index (χ2v) is 10.1. The van der Waals surface area contributed by atoms with Gasteiger partial charge >= 0.3 is 0 Å². The van der Waals surface area contributed by atoms with Gasteiger partial charge in [0.1, 0.15) is 5.78 Å². The Morgan fingerprint density at radius 1 is 0.972 bits per heavy atom. The molecule has 0 radical (unpaired) electrons. The Morgan fingerprint density at radius 3 is 2.56 bits per heavy atom. The lowest BCUT2D eigenvalue weighted by Gasteiger charge is -2.32. The minimum atomic E-state index is 0.0763. The summed E-state index contributed by atoms with van der Waals surface area (Å²) in [6.45, 7) is 4.81. The Hall–Kier alpha value is -2.80. The van der Waals surface area contributed by atoms with E-state index in [2.05, 4.69) is 4.90 Å². The number of carbonyl (C=O) groups excluding carboxylic acids is 2. The van der Waals surface area contributed by atoms with Crippen molar-refractivity contribution < 1.29 is 14.3 Å². The average molecular weight is 506 g/mol. The van der Waals surface area contributed by atoms with Crippen molar-refractivity contribution in [1.29, 1.82) is 0 Å². The number of pyridine rings is 1. The molecule has 0 unspecified atom stereocenters. The highest BCUT2D eigenvalue weighted by atomic mass is 35.5.